The Hall–Kier alpha value is -1.35. The lowest BCUT2D eigenvalue weighted by molar-refractivity contribution is -0.137. The first-order chi connectivity index (χ1) is 9.81. The fourth-order valence-corrected chi connectivity index (χ4v) is 2.72. The summed E-state index contributed by atoms with van der Waals surface area (Å²) in [6.07, 6.45) is 1.29. The minimum absolute atomic E-state index is 0.188. The van der Waals surface area contributed by atoms with Gasteiger partial charge in [0, 0.05) is 18.6 Å². The van der Waals surface area contributed by atoms with Crippen LogP contribution in [0.25, 0.3) is 0 Å². The molecule has 3 heteroatoms. The van der Waals surface area contributed by atoms with Crippen LogP contribution in [0.5, 0.6) is 0 Å². The van der Waals surface area contributed by atoms with Crippen molar-refractivity contribution in [1.82, 2.24) is 4.90 Å². The summed E-state index contributed by atoms with van der Waals surface area (Å²) in [6, 6.07) is 9.31. The van der Waals surface area contributed by atoms with Gasteiger partial charge in [0.1, 0.15) is 0 Å². The molecular formula is C18H29NO2. The smallest absolute Gasteiger partial charge is 0.304 e. The van der Waals surface area contributed by atoms with Crippen LogP contribution >= 0.6 is 0 Å². The van der Waals surface area contributed by atoms with Crippen molar-refractivity contribution >= 4 is 5.97 Å². The molecule has 0 radical (unpaired) electrons. The van der Waals surface area contributed by atoms with Crippen LogP contribution < -0.4 is 0 Å². The summed E-state index contributed by atoms with van der Waals surface area (Å²) in [4.78, 5) is 13.0. The SMILES string of the molecule is CC(C)Cc1ccc(C(C)N(CCC(=O)O)C(C)C)cc1. The van der Waals surface area contributed by atoms with Crippen LogP contribution in [0.1, 0.15) is 58.2 Å². The maximum Gasteiger partial charge on any atom is 0.304 e. The van der Waals surface area contributed by atoms with E-state index in [9.17, 15) is 4.79 Å². The molecule has 0 amide bonds. The molecule has 0 bridgehead atoms. The van der Waals surface area contributed by atoms with E-state index in [-0.39, 0.29) is 12.5 Å². The van der Waals surface area contributed by atoms with E-state index in [4.69, 9.17) is 5.11 Å². The average Bonchev–Trinajstić information content (AvgIpc) is 2.38. The fourth-order valence-electron chi connectivity index (χ4n) is 2.72. The van der Waals surface area contributed by atoms with E-state index < -0.39 is 5.97 Å². The second-order valence-electron chi connectivity index (χ2n) is 6.49. The Kier molecular flexibility index (Phi) is 6.90. The van der Waals surface area contributed by atoms with Gasteiger partial charge in [0.25, 0.3) is 0 Å². The van der Waals surface area contributed by atoms with Gasteiger partial charge in [0.05, 0.1) is 6.42 Å². The number of benzene rings is 1. The molecule has 0 aromatic heterocycles. The van der Waals surface area contributed by atoms with Crippen LogP contribution in [0, 0.1) is 5.92 Å². The van der Waals surface area contributed by atoms with Crippen molar-refractivity contribution in [3.63, 3.8) is 0 Å². The molecule has 0 aliphatic heterocycles. The van der Waals surface area contributed by atoms with Gasteiger partial charge in [0.15, 0.2) is 0 Å². The van der Waals surface area contributed by atoms with Crippen LogP contribution in [0.4, 0.5) is 0 Å². The van der Waals surface area contributed by atoms with E-state index >= 15 is 0 Å². The standard InChI is InChI=1S/C18H29NO2/c1-13(2)12-16-6-8-17(9-7-16)15(5)19(14(3)4)11-10-18(20)21/h6-9,13-15H,10-12H2,1-5H3,(H,20,21). The van der Waals surface area contributed by atoms with Crippen molar-refractivity contribution in [3.8, 4) is 0 Å². The van der Waals surface area contributed by atoms with Crippen molar-refractivity contribution in [2.45, 2.75) is 59.5 Å². The summed E-state index contributed by atoms with van der Waals surface area (Å²) < 4.78 is 0. The van der Waals surface area contributed by atoms with E-state index in [2.05, 4.69) is 63.8 Å². The summed E-state index contributed by atoms with van der Waals surface area (Å²) in [5.74, 6) is -0.0730. The zero-order valence-electron chi connectivity index (χ0n) is 14.0. The van der Waals surface area contributed by atoms with E-state index in [1.165, 1.54) is 11.1 Å². The van der Waals surface area contributed by atoms with Gasteiger partial charge in [-0.2, -0.15) is 0 Å². The van der Waals surface area contributed by atoms with Gasteiger partial charge in [-0.15, -0.1) is 0 Å². The molecule has 0 aliphatic rings. The highest BCUT2D eigenvalue weighted by atomic mass is 16.4. The highest BCUT2D eigenvalue weighted by molar-refractivity contribution is 5.66. The maximum absolute atomic E-state index is 10.8. The molecule has 1 unspecified atom stereocenters. The van der Waals surface area contributed by atoms with Crippen molar-refractivity contribution in [3.05, 3.63) is 35.4 Å². The molecule has 1 atom stereocenters. The number of aliphatic carboxylic acids is 1. The Morgan fingerprint density at radius 1 is 1.10 bits per heavy atom. The first kappa shape index (κ1) is 17.7. The van der Waals surface area contributed by atoms with Gasteiger partial charge in [-0.25, -0.2) is 0 Å². The summed E-state index contributed by atoms with van der Waals surface area (Å²) in [5.41, 5.74) is 2.61. The van der Waals surface area contributed by atoms with Crippen molar-refractivity contribution in [1.29, 1.82) is 0 Å². The molecular weight excluding hydrogens is 262 g/mol. The largest absolute Gasteiger partial charge is 0.481 e. The third-order valence-corrected chi connectivity index (χ3v) is 3.85. The second-order valence-corrected chi connectivity index (χ2v) is 6.49. The number of nitrogens with zero attached hydrogens (tertiary/aromatic N) is 1. The highest BCUT2D eigenvalue weighted by Gasteiger charge is 2.19. The van der Waals surface area contributed by atoms with Crippen LogP contribution in [-0.4, -0.2) is 28.6 Å². The summed E-state index contributed by atoms with van der Waals surface area (Å²) in [5, 5.41) is 8.89. The number of carbonyl (C=O) groups is 1. The first-order valence-corrected chi connectivity index (χ1v) is 7.87. The van der Waals surface area contributed by atoms with E-state index in [1.807, 2.05) is 0 Å². The molecule has 0 heterocycles. The van der Waals surface area contributed by atoms with E-state index in [1.54, 1.807) is 0 Å². The maximum atomic E-state index is 10.8. The van der Waals surface area contributed by atoms with Crippen LogP contribution in [-0.2, 0) is 11.2 Å². The minimum Gasteiger partial charge on any atom is -0.481 e. The van der Waals surface area contributed by atoms with Gasteiger partial charge in [0.2, 0.25) is 0 Å². The lowest BCUT2D eigenvalue weighted by Crippen LogP contribution is -2.35. The van der Waals surface area contributed by atoms with Gasteiger partial charge >= 0.3 is 5.97 Å². The Labute approximate surface area is 129 Å². The average molecular weight is 291 g/mol. The Morgan fingerprint density at radius 2 is 1.67 bits per heavy atom. The first-order valence-electron chi connectivity index (χ1n) is 7.87. The molecule has 118 valence electrons. The summed E-state index contributed by atoms with van der Waals surface area (Å²) >= 11 is 0. The quantitative estimate of drug-likeness (QED) is 0.783. The monoisotopic (exact) mass is 291 g/mol. The van der Waals surface area contributed by atoms with E-state index in [0.717, 1.165) is 6.42 Å². The van der Waals surface area contributed by atoms with Crippen LogP contribution in [0.15, 0.2) is 24.3 Å². The zero-order valence-corrected chi connectivity index (χ0v) is 14.0. The van der Waals surface area contributed by atoms with Gasteiger partial charge in [-0.05, 0) is 44.2 Å². The Balaban J connectivity index is 2.78. The third kappa shape index (κ3) is 5.88. The third-order valence-electron chi connectivity index (χ3n) is 3.85. The van der Waals surface area contributed by atoms with Gasteiger partial charge in [-0.1, -0.05) is 38.1 Å². The minimum atomic E-state index is -0.736. The molecule has 0 fully saturated rings. The Bertz CT molecular complexity index is 437. The number of rotatable bonds is 8. The predicted octanol–water partition coefficient (Wildman–Crippen LogP) is 4.13. The molecule has 1 N–H and O–H groups in total. The number of hydrogen-bond acceptors (Lipinski definition) is 2. The van der Waals surface area contributed by atoms with Crippen molar-refractivity contribution in [2.24, 2.45) is 5.92 Å². The van der Waals surface area contributed by atoms with E-state index in [0.29, 0.717) is 18.5 Å². The normalized spacial score (nSPS) is 13.1. The molecule has 21 heavy (non-hydrogen) atoms. The molecule has 0 saturated carbocycles. The topological polar surface area (TPSA) is 40.5 Å². The summed E-state index contributed by atoms with van der Waals surface area (Å²) in [6.45, 7) is 11.4. The Morgan fingerprint density at radius 3 is 2.10 bits per heavy atom. The molecule has 1 rings (SSSR count). The summed E-state index contributed by atoms with van der Waals surface area (Å²) in [7, 11) is 0. The molecule has 0 aliphatic carbocycles. The number of carboxylic acids is 1. The fraction of sp³-hybridized carbons (Fsp3) is 0.611. The highest BCUT2D eigenvalue weighted by Crippen LogP contribution is 2.23. The molecule has 0 spiro atoms. The lowest BCUT2D eigenvalue weighted by atomic mass is 9.99. The van der Waals surface area contributed by atoms with Crippen LogP contribution in [0.2, 0.25) is 0 Å². The molecule has 1 aromatic rings. The number of carboxylic acid groups (broad SMARTS) is 1. The predicted molar refractivity (Wildman–Crippen MR) is 87.5 cm³/mol. The van der Waals surface area contributed by atoms with Gasteiger partial charge in [-0.3, -0.25) is 9.69 Å². The van der Waals surface area contributed by atoms with Crippen molar-refractivity contribution in [2.75, 3.05) is 6.54 Å². The van der Waals surface area contributed by atoms with Gasteiger partial charge < -0.3 is 5.11 Å². The second kappa shape index (κ2) is 8.18. The zero-order chi connectivity index (χ0) is 16.0. The van der Waals surface area contributed by atoms with Crippen LogP contribution in [0.3, 0.4) is 0 Å². The molecule has 1 aromatic carbocycles. The number of hydrogen-bond donors (Lipinski definition) is 1. The lowest BCUT2D eigenvalue weighted by Gasteiger charge is -2.32. The molecule has 3 nitrogen and oxygen atoms in total. The molecule has 0 saturated heterocycles. The van der Waals surface area contributed by atoms with Crippen molar-refractivity contribution < 1.29 is 9.90 Å².